The molecule has 2 aliphatic carbocycles. The van der Waals surface area contributed by atoms with E-state index in [1.807, 2.05) is 30.3 Å². The van der Waals surface area contributed by atoms with Crippen LogP contribution in [0.25, 0.3) is 0 Å². The third-order valence-corrected chi connectivity index (χ3v) is 9.67. The van der Waals surface area contributed by atoms with Crippen LogP contribution >= 0.6 is 0 Å². The molecule has 1 amide bonds. The number of oxime groups is 1. The van der Waals surface area contributed by atoms with Gasteiger partial charge in [-0.1, -0.05) is 55.4 Å². The monoisotopic (exact) mass is 430 g/mol. The van der Waals surface area contributed by atoms with Gasteiger partial charge in [-0.15, -0.1) is 6.58 Å². The van der Waals surface area contributed by atoms with Gasteiger partial charge in [0, 0.05) is 5.41 Å². The van der Waals surface area contributed by atoms with Gasteiger partial charge in [0.2, 0.25) is 15.9 Å². The molecule has 1 aromatic carbocycles. The van der Waals surface area contributed by atoms with Gasteiger partial charge >= 0.3 is 0 Å². The fourth-order valence-electron chi connectivity index (χ4n) is 5.95. The first-order chi connectivity index (χ1) is 14.2. The number of carbonyl (C=O) groups excluding carboxylic acids is 1. The number of hydrogen-bond donors (Lipinski definition) is 0. The van der Waals surface area contributed by atoms with E-state index in [9.17, 15) is 13.2 Å². The van der Waals surface area contributed by atoms with Crippen LogP contribution in [0.1, 0.15) is 45.1 Å². The van der Waals surface area contributed by atoms with Crippen LogP contribution in [0.3, 0.4) is 0 Å². The number of sulfonamides is 1. The van der Waals surface area contributed by atoms with Gasteiger partial charge < -0.3 is 4.84 Å². The minimum absolute atomic E-state index is 0.0689. The van der Waals surface area contributed by atoms with Crippen LogP contribution in [0, 0.1) is 22.7 Å². The molecule has 1 heterocycles. The molecule has 1 spiro atoms. The Kier molecular flexibility index (Phi) is 5.29. The summed E-state index contributed by atoms with van der Waals surface area (Å²) in [5.41, 5.74) is 0.571. The first-order valence-electron chi connectivity index (χ1n) is 10.6. The maximum atomic E-state index is 13.4. The zero-order valence-corrected chi connectivity index (χ0v) is 18.5. The Hall–Kier alpha value is -2.15. The minimum atomic E-state index is -3.65. The van der Waals surface area contributed by atoms with Crippen molar-refractivity contribution in [3.63, 3.8) is 0 Å². The van der Waals surface area contributed by atoms with Crippen molar-refractivity contribution in [2.45, 2.75) is 52.2 Å². The summed E-state index contributed by atoms with van der Waals surface area (Å²) >= 11 is 0. The summed E-state index contributed by atoms with van der Waals surface area (Å²) in [6.45, 7) is 8.36. The van der Waals surface area contributed by atoms with E-state index in [1.54, 1.807) is 6.08 Å². The van der Waals surface area contributed by atoms with Crippen molar-refractivity contribution in [2.75, 3.05) is 5.75 Å². The number of benzene rings is 1. The van der Waals surface area contributed by atoms with Crippen LogP contribution in [0.2, 0.25) is 0 Å². The molecule has 162 valence electrons. The van der Waals surface area contributed by atoms with Crippen LogP contribution < -0.4 is 0 Å². The molecule has 0 N–H and O–H groups in total. The molecule has 30 heavy (non-hydrogen) atoms. The van der Waals surface area contributed by atoms with E-state index in [0.717, 1.165) is 24.8 Å². The summed E-state index contributed by atoms with van der Waals surface area (Å²) in [4.78, 5) is 18.7. The van der Waals surface area contributed by atoms with E-state index in [0.29, 0.717) is 12.3 Å². The predicted octanol–water partition coefficient (Wildman–Crippen LogP) is 3.75. The summed E-state index contributed by atoms with van der Waals surface area (Å²) in [6, 6.07) is 9.36. The lowest BCUT2D eigenvalue weighted by atomic mass is 9.69. The number of allylic oxidation sites excluding steroid dienone is 1. The van der Waals surface area contributed by atoms with Gasteiger partial charge in [-0.2, -0.15) is 0 Å². The van der Waals surface area contributed by atoms with Crippen LogP contribution in [-0.4, -0.2) is 36.6 Å². The Morgan fingerprint density at radius 1 is 1.37 bits per heavy atom. The highest BCUT2D eigenvalue weighted by atomic mass is 32.2. The van der Waals surface area contributed by atoms with Crippen LogP contribution in [-0.2, 0) is 26.3 Å². The SMILES string of the molecule is C=CC[C@H](/C=N\OCc1ccccc1)C(=O)N1[C@@H]2C[C@H]3CC[C@]2(CS1(=O)=O)C3(C)C. The van der Waals surface area contributed by atoms with E-state index in [-0.39, 0.29) is 29.2 Å². The summed E-state index contributed by atoms with van der Waals surface area (Å²) < 4.78 is 27.4. The number of carbonyl (C=O) groups is 1. The Morgan fingerprint density at radius 3 is 2.77 bits per heavy atom. The topological polar surface area (TPSA) is 76.0 Å². The molecular formula is C23H30N2O4S. The standard InChI is InChI=1S/C23H30N2O4S/c1-4-8-18(14-24-29-15-17-9-6-5-7-10-17)21(26)25-20-13-19-11-12-23(20,22(19,2)3)16-30(25,27)28/h4-7,9-10,14,18-20H,1,8,11-13,15-16H2,2-3H3/b24-14-/t18-,19-,20-,23-/m1/s1. The Bertz CT molecular complexity index is 957. The van der Waals surface area contributed by atoms with E-state index in [2.05, 4.69) is 25.6 Å². The number of nitrogens with zero attached hydrogens (tertiary/aromatic N) is 2. The Balaban J connectivity index is 1.52. The molecular weight excluding hydrogens is 400 g/mol. The van der Waals surface area contributed by atoms with Crippen molar-refractivity contribution in [2.24, 2.45) is 27.8 Å². The van der Waals surface area contributed by atoms with Crippen molar-refractivity contribution in [1.82, 2.24) is 4.31 Å². The van der Waals surface area contributed by atoms with Gasteiger partial charge in [-0.05, 0) is 42.6 Å². The van der Waals surface area contributed by atoms with Crippen molar-refractivity contribution in [3.05, 3.63) is 48.6 Å². The maximum Gasteiger partial charge on any atom is 0.245 e. The second-order valence-corrected chi connectivity index (χ2v) is 11.2. The molecule has 0 aromatic heterocycles. The summed E-state index contributed by atoms with van der Waals surface area (Å²) in [7, 11) is -3.65. The van der Waals surface area contributed by atoms with Crippen molar-refractivity contribution in [1.29, 1.82) is 0 Å². The fourth-order valence-corrected chi connectivity index (χ4v) is 8.53. The van der Waals surface area contributed by atoms with E-state index in [1.165, 1.54) is 10.5 Å². The second kappa shape index (κ2) is 7.52. The van der Waals surface area contributed by atoms with Crippen LogP contribution in [0.4, 0.5) is 0 Å². The predicted molar refractivity (Wildman–Crippen MR) is 116 cm³/mol. The molecule has 0 radical (unpaired) electrons. The molecule has 4 atom stereocenters. The molecule has 0 unspecified atom stereocenters. The van der Waals surface area contributed by atoms with Gasteiger partial charge in [-0.25, -0.2) is 12.7 Å². The summed E-state index contributed by atoms with van der Waals surface area (Å²) in [5, 5.41) is 3.97. The quantitative estimate of drug-likeness (QED) is 0.375. The Labute approximate surface area is 179 Å². The van der Waals surface area contributed by atoms with E-state index in [4.69, 9.17) is 4.84 Å². The minimum Gasteiger partial charge on any atom is -0.391 e. The first kappa shape index (κ1) is 21.1. The highest BCUT2D eigenvalue weighted by molar-refractivity contribution is 7.90. The van der Waals surface area contributed by atoms with E-state index >= 15 is 0 Å². The molecule has 1 saturated heterocycles. The van der Waals surface area contributed by atoms with Crippen LogP contribution in [0.5, 0.6) is 0 Å². The average Bonchev–Trinajstić information content (AvgIpc) is 3.18. The molecule has 1 aromatic rings. The lowest BCUT2D eigenvalue weighted by Gasteiger charge is -2.37. The number of amides is 1. The van der Waals surface area contributed by atoms with Crippen LogP contribution in [0.15, 0.2) is 48.1 Å². The molecule has 3 aliphatic rings. The maximum absolute atomic E-state index is 13.4. The zero-order valence-electron chi connectivity index (χ0n) is 17.7. The molecule has 1 aliphatic heterocycles. The molecule has 2 saturated carbocycles. The molecule has 7 heteroatoms. The normalized spacial score (nSPS) is 31.6. The molecule has 3 fully saturated rings. The van der Waals surface area contributed by atoms with Gasteiger partial charge in [0.25, 0.3) is 0 Å². The molecule has 6 nitrogen and oxygen atoms in total. The summed E-state index contributed by atoms with van der Waals surface area (Å²) in [6.07, 6.45) is 6.04. The zero-order chi connectivity index (χ0) is 21.6. The first-order valence-corrected chi connectivity index (χ1v) is 12.2. The number of hydrogen-bond acceptors (Lipinski definition) is 5. The smallest absolute Gasteiger partial charge is 0.245 e. The van der Waals surface area contributed by atoms with Gasteiger partial charge in [0.1, 0.15) is 6.61 Å². The van der Waals surface area contributed by atoms with E-state index < -0.39 is 21.8 Å². The van der Waals surface area contributed by atoms with Gasteiger partial charge in [0.05, 0.1) is 23.9 Å². The van der Waals surface area contributed by atoms with Crippen molar-refractivity contribution < 1.29 is 18.0 Å². The van der Waals surface area contributed by atoms with Crippen molar-refractivity contribution in [3.8, 4) is 0 Å². The van der Waals surface area contributed by atoms with Crippen molar-refractivity contribution >= 4 is 22.1 Å². The highest BCUT2D eigenvalue weighted by Gasteiger charge is 2.72. The molecule has 2 bridgehead atoms. The number of fused-ring (bicyclic) bond motifs is 1. The average molecular weight is 431 g/mol. The number of rotatable bonds is 7. The third kappa shape index (κ3) is 3.18. The Morgan fingerprint density at radius 2 is 2.10 bits per heavy atom. The molecule has 4 rings (SSSR count). The van der Waals surface area contributed by atoms with Gasteiger partial charge in [-0.3, -0.25) is 4.79 Å². The lowest BCUT2D eigenvalue weighted by Crippen LogP contribution is -2.46. The van der Waals surface area contributed by atoms with Gasteiger partial charge in [0.15, 0.2) is 0 Å². The summed E-state index contributed by atoms with van der Waals surface area (Å²) in [5.74, 6) is -0.575. The fraction of sp³-hybridized carbons (Fsp3) is 0.565. The largest absolute Gasteiger partial charge is 0.391 e. The highest BCUT2D eigenvalue weighted by Crippen LogP contribution is 2.70. The second-order valence-electron chi connectivity index (χ2n) is 9.40. The third-order valence-electron chi connectivity index (χ3n) is 7.76. The lowest BCUT2D eigenvalue weighted by molar-refractivity contribution is -0.131.